The molecule has 104 valence electrons. The van der Waals surface area contributed by atoms with Crippen molar-refractivity contribution < 1.29 is 4.74 Å². The lowest BCUT2D eigenvalue weighted by molar-refractivity contribution is 0.0650. The molecule has 0 aliphatic carbocycles. The van der Waals surface area contributed by atoms with Crippen molar-refractivity contribution in [2.75, 3.05) is 31.2 Å². The molecule has 1 N–H and O–H groups in total. The zero-order valence-electron chi connectivity index (χ0n) is 11.4. The quantitative estimate of drug-likeness (QED) is 0.900. The van der Waals surface area contributed by atoms with E-state index in [0.29, 0.717) is 12.1 Å². The van der Waals surface area contributed by atoms with Crippen LogP contribution in [0, 0.1) is 0 Å². The molecule has 1 atom stereocenters. The van der Waals surface area contributed by atoms with Crippen molar-refractivity contribution in [1.82, 2.24) is 10.3 Å². The van der Waals surface area contributed by atoms with E-state index in [1.807, 2.05) is 12.3 Å². The van der Waals surface area contributed by atoms with Crippen LogP contribution in [0.25, 0.3) is 0 Å². The second-order valence-corrected chi connectivity index (χ2v) is 5.53. The molecule has 19 heavy (non-hydrogen) atoms. The fraction of sp³-hybridized carbons (Fsp3) is 0.667. The standard InChI is InChI=1S/C15H23N3O/c1-2-8-16-15(5-1)18-9-6-13(7-10-18)17-14-4-3-11-19-12-14/h1-2,5,8,13-14,17H,3-4,6-7,9-12H2. The monoisotopic (exact) mass is 261 g/mol. The number of nitrogens with one attached hydrogen (secondary N) is 1. The fourth-order valence-corrected chi connectivity index (χ4v) is 3.02. The van der Waals surface area contributed by atoms with Gasteiger partial charge in [0.2, 0.25) is 0 Å². The van der Waals surface area contributed by atoms with Gasteiger partial charge in [0.25, 0.3) is 0 Å². The second kappa shape index (κ2) is 6.35. The number of hydrogen-bond donors (Lipinski definition) is 1. The zero-order chi connectivity index (χ0) is 12.9. The van der Waals surface area contributed by atoms with Crippen LogP contribution in [-0.4, -0.2) is 43.4 Å². The predicted octanol–water partition coefficient (Wildman–Crippen LogP) is 1.82. The van der Waals surface area contributed by atoms with Crippen LogP contribution >= 0.6 is 0 Å². The van der Waals surface area contributed by atoms with Crippen LogP contribution in [-0.2, 0) is 4.74 Å². The lowest BCUT2D eigenvalue weighted by atomic mass is 10.0. The number of anilines is 1. The van der Waals surface area contributed by atoms with E-state index < -0.39 is 0 Å². The van der Waals surface area contributed by atoms with E-state index in [-0.39, 0.29) is 0 Å². The molecule has 0 radical (unpaired) electrons. The number of ether oxygens (including phenoxy) is 1. The van der Waals surface area contributed by atoms with Gasteiger partial charge in [-0.05, 0) is 37.8 Å². The Bertz CT molecular complexity index is 370. The Morgan fingerprint density at radius 2 is 2.05 bits per heavy atom. The molecule has 3 rings (SSSR count). The molecule has 4 heteroatoms. The van der Waals surface area contributed by atoms with E-state index in [1.54, 1.807) is 0 Å². The maximum absolute atomic E-state index is 5.53. The number of aromatic nitrogens is 1. The van der Waals surface area contributed by atoms with Crippen molar-refractivity contribution in [3.05, 3.63) is 24.4 Å². The summed E-state index contributed by atoms with van der Waals surface area (Å²) in [7, 11) is 0. The predicted molar refractivity (Wildman–Crippen MR) is 76.4 cm³/mol. The summed E-state index contributed by atoms with van der Waals surface area (Å²) in [6, 6.07) is 7.35. The van der Waals surface area contributed by atoms with Gasteiger partial charge in [-0.25, -0.2) is 4.98 Å². The van der Waals surface area contributed by atoms with E-state index in [1.165, 1.54) is 25.7 Å². The van der Waals surface area contributed by atoms with Crippen molar-refractivity contribution >= 4 is 5.82 Å². The topological polar surface area (TPSA) is 37.4 Å². The van der Waals surface area contributed by atoms with Crippen molar-refractivity contribution in [2.45, 2.75) is 37.8 Å². The Labute approximate surface area is 115 Å². The van der Waals surface area contributed by atoms with Gasteiger partial charge in [0.05, 0.1) is 6.61 Å². The minimum Gasteiger partial charge on any atom is -0.380 e. The van der Waals surface area contributed by atoms with Crippen LogP contribution in [0.5, 0.6) is 0 Å². The summed E-state index contributed by atoms with van der Waals surface area (Å²) >= 11 is 0. The summed E-state index contributed by atoms with van der Waals surface area (Å²) in [5.74, 6) is 1.11. The van der Waals surface area contributed by atoms with E-state index in [2.05, 4.69) is 27.3 Å². The third-order valence-corrected chi connectivity index (χ3v) is 4.10. The molecule has 0 bridgehead atoms. The summed E-state index contributed by atoms with van der Waals surface area (Å²) in [5.41, 5.74) is 0. The highest BCUT2D eigenvalue weighted by molar-refractivity contribution is 5.38. The molecule has 1 aromatic rings. The van der Waals surface area contributed by atoms with Gasteiger partial charge in [-0.2, -0.15) is 0 Å². The smallest absolute Gasteiger partial charge is 0.128 e. The second-order valence-electron chi connectivity index (χ2n) is 5.53. The molecule has 2 aliphatic rings. The number of piperidine rings is 1. The van der Waals surface area contributed by atoms with Gasteiger partial charge in [-0.3, -0.25) is 0 Å². The van der Waals surface area contributed by atoms with Gasteiger partial charge >= 0.3 is 0 Å². The maximum Gasteiger partial charge on any atom is 0.128 e. The molecule has 2 aliphatic heterocycles. The van der Waals surface area contributed by atoms with E-state index in [4.69, 9.17) is 4.74 Å². The first kappa shape index (κ1) is 12.9. The minimum absolute atomic E-state index is 0.570. The number of pyridine rings is 1. The Hall–Kier alpha value is -1.13. The van der Waals surface area contributed by atoms with Gasteiger partial charge in [0.1, 0.15) is 5.82 Å². The van der Waals surface area contributed by atoms with Gasteiger partial charge < -0.3 is 15.0 Å². The first-order chi connectivity index (χ1) is 9.42. The zero-order valence-corrected chi connectivity index (χ0v) is 11.4. The van der Waals surface area contributed by atoms with Crippen molar-refractivity contribution in [1.29, 1.82) is 0 Å². The molecule has 0 saturated carbocycles. The SMILES string of the molecule is c1ccc(N2CCC(NC3CCCOC3)CC2)nc1. The first-order valence-electron chi connectivity index (χ1n) is 7.41. The normalized spacial score (nSPS) is 25.5. The summed E-state index contributed by atoms with van der Waals surface area (Å²) in [6.45, 7) is 4.03. The highest BCUT2D eigenvalue weighted by Crippen LogP contribution is 2.18. The van der Waals surface area contributed by atoms with Gasteiger partial charge in [-0.15, -0.1) is 0 Å². The molecule has 2 fully saturated rings. The molecule has 0 spiro atoms. The van der Waals surface area contributed by atoms with E-state index in [9.17, 15) is 0 Å². The Balaban J connectivity index is 1.46. The summed E-state index contributed by atoms with van der Waals surface area (Å²) < 4.78 is 5.53. The molecule has 1 aromatic heterocycles. The fourth-order valence-electron chi connectivity index (χ4n) is 3.02. The summed E-state index contributed by atoms with van der Waals surface area (Å²) in [6.07, 6.45) is 6.74. The molecule has 1 unspecified atom stereocenters. The van der Waals surface area contributed by atoms with Crippen LogP contribution in [0.4, 0.5) is 5.82 Å². The van der Waals surface area contributed by atoms with Crippen LogP contribution in [0.1, 0.15) is 25.7 Å². The lowest BCUT2D eigenvalue weighted by Crippen LogP contribution is -2.48. The highest BCUT2D eigenvalue weighted by atomic mass is 16.5. The molecule has 0 amide bonds. The maximum atomic E-state index is 5.53. The number of hydrogen-bond acceptors (Lipinski definition) is 4. The lowest BCUT2D eigenvalue weighted by Gasteiger charge is -2.36. The molecule has 0 aromatic carbocycles. The Morgan fingerprint density at radius 3 is 2.74 bits per heavy atom. The van der Waals surface area contributed by atoms with Crippen LogP contribution in [0.3, 0.4) is 0 Å². The molecular weight excluding hydrogens is 238 g/mol. The van der Waals surface area contributed by atoms with Crippen LogP contribution < -0.4 is 10.2 Å². The van der Waals surface area contributed by atoms with Crippen molar-refractivity contribution in [3.63, 3.8) is 0 Å². The number of nitrogens with zero attached hydrogens (tertiary/aromatic N) is 2. The van der Waals surface area contributed by atoms with Gasteiger partial charge in [-0.1, -0.05) is 6.07 Å². The first-order valence-corrected chi connectivity index (χ1v) is 7.41. The van der Waals surface area contributed by atoms with E-state index >= 15 is 0 Å². The molecule has 4 nitrogen and oxygen atoms in total. The average molecular weight is 261 g/mol. The van der Waals surface area contributed by atoms with E-state index in [0.717, 1.165) is 32.1 Å². The third kappa shape index (κ3) is 3.45. The number of rotatable bonds is 3. The molecular formula is C15H23N3O. The van der Waals surface area contributed by atoms with Crippen molar-refractivity contribution in [3.8, 4) is 0 Å². The van der Waals surface area contributed by atoms with Gasteiger partial charge in [0, 0.05) is 38.0 Å². The van der Waals surface area contributed by atoms with Crippen LogP contribution in [0.15, 0.2) is 24.4 Å². The third-order valence-electron chi connectivity index (χ3n) is 4.10. The van der Waals surface area contributed by atoms with Crippen LogP contribution in [0.2, 0.25) is 0 Å². The van der Waals surface area contributed by atoms with Crippen molar-refractivity contribution in [2.24, 2.45) is 0 Å². The average Bonchev–Trinajstić information content (AvgIpc) is 2.50. The van der Waals surface area contributed by atoms with Gasteiger partial charge in [0.15, 0.2) is 0 Å². The minimum atomic E-state index is 0.570. The summed E-state index contributed by atoms with van der Waals surface area (Å²) in [4.78, 5) is 6.81. The molecule has 2 saturated heterocycles. The summed E-state index contributed by atoms with van der Waals surface area (Å²) in [5, 5.41) is 3.76. The Kier molecular flexibility index (Phi) is 4.30. The Morgan fingerprint density at radius 1 is 1.16 bits per heavy atom. The largest absolute Gasteiger partial charge is 0.380 e. The molecule has 3 heterocycles. The highest BCUT2D eigenvalue weighted by Gasteiger charge is 2.23.